The van der Waals surface area contributed by atoms with E-state index in [4.69, 9.17) is 8.83 Å². The van der Waals surface area contributed by atoms with Crippen molar-refractivity contribution in [3.05, 3.63) is 48.0 Å². The lowest BCUT2D eigenvalue weighted by Crippen LogP contribution is -2.28. The van der Waals surface area contributed by atoms with E-state index in [2.05, 4.69) is 10.2 Å². The normalized spacial score (nSPS) is 14.2. The standard InChI is InChI=1S/C15H13N3O4S/c1-10-16-17-15(22-10)12-8-14(21-9-12)23(19,20)18-7-6-11-4-2-3-5-13(11)18/h2-5,8-9H,6-7H2,1H3. The molecule has 23 heavy (non-hydrogen) atoms. The van der Waals surface area contributed by atoms with Crippen molar-refractivity contribution in [2.24, 2.45) is 0 Å². The van der Waals surface area contributed by atoms with Crippen LogP contribution in [0.25, 0.3) is 11.5 Å². The molecule has 0 spiro atoms. The molecule has 1 aromatic carbocycles. The summed E-state index contributed by atoms with van der Waals surface area (Å²) in [5, 5.41) is 7.44. The number of rotatable bonds is 3. The number of hydrogen-bond acceptors (Lipinski definition) is 6. The van der Waals surface area contributed by atoms with Crippen molar-refractivity contribution in [2.45, 2.75) is 18.4 Å². The van der Waals surface area contributed by atoms with Crippen LogP contribution in [0.2, 0.25) is 0 Å². The molecule has 0 saturated carbocycles. The van der Waals surface area contributed by atoms with E-state index in [-0.39, 0.29) is 11.0 Å². The Balaban J connectivity index is 1.72. The van der Waals surface area contributed by atoms with E-state index in [1.807, 2.05) is 18.2 Å². The van der Waals surface area contributed by atoms with E-state index in [1.54, 1.807) is 13.0 Å². The molecule has 0 radical (unpaired) electrons. The first-order valence-corrected chi connectivity index (χ1v) is 8.49. The monoisotopic (exact) mass is 331 g/mol. The Morgan fingerprint density at radius 1 is 1.22 bits per heavy atom. The van der Waals surface area contributed by atoms with Crippen molar-refractivity contribution in [3.63, 3.8) is 0 Å². The molecule has 2 aromatic heterocycles. The van der Waals surface area contributed by atoms with Crippen molar-refractivity contribution in [3.8, 4) is 11.5 Å². The maximum absolute atomic E-state index is 12.8. The minimum absolute atomic E-state index is 0.139. The predicted molar refractivity (Wildman–Crippen MR) is 81.4 cm³/mol. The summed E-state index contributed by atoms with van der Waals surface area (Å²) in [7, 11) is -3.76. The maximum atomic E-state index is 12.8. The summed E-state index contributed by atoms with van der Waals surface area (Å²) >= 11 is 0. The topological polar surface area (TPSA) is 89.4 Å². The molecule has 3 aromatic rings. The number of furan rings is 1. The zero-order valence-corrected chi connectivity index (χ0v) is 13.1. The summed E-state index contributed by atoms with van der Waals surface area (Å²) in [4.78, 5) is 0. The predicted octanol–water partition coefficient (Wildman–Crippen LogP) is 2.39. The molecule has 0 saturated heterocycles. The Morgan fingerprint density at radius 3 is 2.83 bits per heavy atom. The van der Waals surface area contributed by atoms with Crippen molar-refractivity contribution in [1.29, 1.82) is 0 Å². The summed E-state index contributed by atoms with van der Waals surface area (Å²) in [5.41, 5.74) is 2.14. The molecule has 3 heterocycles. The Morgan fingerprint density at radius 2 is 2.04 bits per heavy atom. The highest BCUT2D eigenvalue weighted by atomic mass is 32.2. The summed E-state index contributed by atoms with van der Waals surface area (Å²) in [6, 6.07) is 8.85. The van der Waals surface area contributed by atoms with Gasteiger partial charge in [0.15, 0.2) is 0 Å². The number of hydrogen-bond donors (Lipinski definition) is 0. The molecule has 0 N–H and O–H groups in total. The molecule has 7 nitrogen and oxygen atoms in total. The Bertz CT molecular complexity index is 974. The van der Waals surface area contributed by atoms with Crippen LogP contribution in [0, 0.1) is 6.92 Å². The van der Waals surface area contributed by atoms with Gasteiger partial charge in [-0.05, 0) is 18.1 Å². The van der Waals surface area contributed by atoms with Crippen molar-refractivity contribution < 1.29 is 17.3 Å². The van der Waals surface area contributed by atoms with Gasteiger partial charge < -0.3 is 8.83 Å². The minimum Gasteiger partial charge on any atom is -0.450 e. The van der Waals surface area contributed by atoms with Gasteiger partial charge in [0.2, 0.25) is 11.0 Å². The van der Waals surface area contributed by atoms with Crippen molar-refractivity contribution in [1.82, 2.24) is 10.2 Å². The van der Waals surface area contributed by atoms with Crippen molar-refractivity contribution in [2.75, 3.05) is 10.8 Å². The molecular formula is C15H13N3O4S. The van der Waals surface area contributed by atoms with Gasteiger partial charge in [0.1, 0.15) is 6.26 Å². The van der Waals surface area contributed by atoms with Crippen LogP contribution in [0.15, 0.2) is 50.5 Å². The molecule has 0 atom stereocenters. The lowest BCUT2D eigenvalue weighted by atomic mass is 10.2. The lowest BCUT2D eigenvalue weighted by Gasteiger charge is -2.17. The Hall–Kier alpha value is -2.61. The van der Waals surface area contributed by atoms with Gasteiger partial charge in [-0.2, -0.15) is 8.42 Å². The molecule has 1 aliphatic heterocycles. The number of para-hydroxylation sites is 1. The Labute approximate surface area is 132 Å². The third kappa shape index (κ3) is 2.22. The summed E-state index contributed by atoms with van der Waals surface area (Å²) in [5.74, 6) is 0.633. The van der Waals surface area contributed by atoms with Crippen LogP contribution < -0.4 is 4.31 Å². The summed E-state index contributed by atoms with van der Waals surface area (Å²) in [6.07, 6.45) is 1.99. The zero-order valence-electron chi connectivity index (χ0n) is 12.3. The smallest absolute Gasteiger partial charge is 0.297 e. The van der Waals surface area contributed by atoms with Gasteiger partial charge in [-0.1, -0.05) is 18.2 Å². The highest BCUT2D eigenvalue weighted by Gasteiger charge is 2.33. The van der Waals surface area contributed by atoms with Crippen LogP contribution in [0.4, 0.5) is 5.69 Å². The second-order valence-electron chi connectivity index (χ2n) is 5.24. The first kappa shape index (κ1) is 14.0. The van der Waals surface area contributed by atoms with Crippen LogP contribution >= 0.6 is 0 Å². The number of fused-ring (bicyclic) bond motifs is 1. The maximum Gasteiger partial charge on any atom is 0.297 e. The first-order chi connectivity index (χ1) is 11.1. The number of nitrogens with zero attached hydrogens (tertiary/aromatic N) is 3. The van der Waals surface area contributed by atoms with Crippen LogP contribution in [0.5, 0.6) is 0 Å². The minimum atomic E-state index is -3.76. The van der Waals surface area contributed by atoms with Gasteiger partial charge >= 0.3 is 0 Å². The molecule has 0 unspecified atom stereocenters. The fourth-order valence-corrected chi connectivity index (χ4v) is 4.07. The van der Waals surface area contributed by atoms with Gasteiger partial charge in [-0.15, -0.1) is 10.2 Å². The Kier molecular flexibility index (Phi) is 3.02. The van der Waals surface area contributed by atoms with E-state index in [1.165, 1.54) is 16.6 Å². The number of aryl methyl sites for hydroxylation is 1. The van der Waals surface area contributed by atoms with Gasteiger partial charge in [-0.25, -0.2) is 0 Å². The van der Waals surface area contributed by atoms with E-state index in [0.29, 0.717) is 30.1 Å². The second kappa shape index (κ2) is 4.95. The third-order valence-electron chi connectivity index (χ3n) is 3.74. The van der Waals surface area contributed by atoms with Gasteiger partial charge in [0.05, 0.1) is 11.3 Å². The molecule has 118 valence electrons. The lowest BCUT2D eigenvalue weighted by molar-refractivity contribution is 0.448. The first-order valence-electron chi connectivity index (χ1n) is 7.05. The van der Waals surface area contributed by atoms with Crippen molar-refractivity contribution >= 4 is 15.7 Å². The highest BCUT2D eigenvalue weighted by Crippen LogP contribution is 2.34. The fraction of sp³-hybridized carbons (Fsp3) is 0.200. The van der Waals surface area contributed by atoms with E-state index < -0.39 is 10.0 Å². The molecule has 4 rings (SSSR count). The molecule has 0 amide bonds. The largest absolute Gasteiger partial charge is 0.450 e. The highest BCUT2D eigenvalue weighted by molar-refractivity contribution is 7.92. The van der Waals surface area contributed by atoms with Crippen LogP contribution in [0.3, 0.4) is 0 Å². The molecule has 0 bridgehead atoms. The van der Waals surface area contributed by atoms with Crippen LogP contribution in [-0.4, -0.2) is 25.2 Å². The third-order valence-corrected chi connectivity index (χ3v) is 5.42. The molecule has 8 heteroatoms. The number of benzene rings is 1. The summed E-state index contributed by atoms with van der Waals surface area (Å²) < 4.78 is 37.5. The summed E-state index contributed by atoms with van der Waals surface area (Å²) in [6.45, 7) is 2.06. The number of aromatic nitrogens is 2. The zero-order chi connectivity index (χ0) is 16.0. The van der Waals surface area contributed by atoms with Gasteiger partial charge in [-0.3, -0.25) is 4.31 Å². The fourth-order valence-electron chi connectivity index (χ4n) is 2.64. The molecular weight excluding hydrogens is 318 g/mol. The number of anilines is 1. The quantitative estimate of drug-likeness (QED) is 0.732. The van der Waals surface area contributed by atoms with E-state index in [9.17, 15) is 8.42 Å². The van der Waals surface area contributed by atoms with Crippen LogP contribution in [-0.2, 0) is 16.4 Å². The van der Waals surface area contributed by atoms with Crippen LogP contribution in [0.1, 0.15) is 11.5 Å². The van der Waals surface area contributed by atoms with E-state index >= 15 is 0 Å². The average molecular weight is 331 g/mol. The molecule has 0 aliphatic carbocycles. The van der Waals surface area contributed by atoms with Gasteiger partial charge in [0, 0.05) is 19.5 Å². The van der Waals surface area contributed by atoms with Gasteiger partial charge in [0.25, 0.3) is 15.9 Å². The SMILES string of the molecule is Cc1nnc(-c2coc(S(=O)(=O)N3CCc4ccccc43)c2)o1. The average Bonchev–Trinajstić information content (AvgIpc) is 3.25. The van der Waals surface area contributed by atoms with E-state index in [0.717, 1.165) is 5.56 Å². The number of sulfonamides is 1. The molecule has 0 fully saturated rings. The second-order valence-corrected chi connectivity index (χ2v) is 7.03. The molecule has 1 aliphatic rings.